The lowest BCUT2D eigenvalue weighted by Gasteiger charge is -2.22. The first-order valence-corrected chi connectivity index (χ1v) is 8.04. The molecule has 2 rings (SSSR count). The smallest absolute Gasteiger partial charge is 0.115 e. The highest BCUT2D eigenvalue weighted by Gasteiger charge is 2.15. The summed E-state index contributed by atoms with van der Waals surface area (Å²) in [6.45, 7) is 7.61. The van der Waals surface area contributed by atoms with Gasteiger partial charge >= 0.3 is 0 Å². The molecule has 0 spiro atoms. The lowest BCUT2D eigenvalue weighted by Crippen LogP contribution is -2.36. The van der Waals surface area contributed by atoms with E-state index in [0.29, 0.717) is 11.7 Å². The van der Waals surface area contributed by atoms with E-state index < -0.39 is 0 Å². The molecule has 2 aromatic rings. The third-order valence-electron chi connectivity index (χ3n) is 3.82. The molecular weight excluding hydrogens is 270 g/mol. The van der Waals surface area contributed by atoms with E-state index in [-0.39, 0.29) is 5.54 Å². The zero-order chi connectivity index (χ0) is 16.0. The van der Waals surface area contributed by atoms with Crippen LogP contribution in [0.1, 0.15) is 50.7 Å². The van der Waals surface area contributed by atoms with Crippen molar-refractivity contribution in [3.8, 4) is 5.75 Å². The summed E-state index contributed by atoms with van der Waals surface area (Å²) in [6.07, 6.45) is 2.22. The first-order valence-electron chi connectivity index (χ1n) is 8.04. The van der Waals surface area contributed by atoms with E-state index in [9.17, 15) is 5.11 Å². The van der Waals surface area contributed by atoms with Gasteiger partial charge in [0.25, 0.3) is 0 Å². The largest absolute Gasteiger partial charge is 0.508 e. The summed E-state index contributed by atoms with van der Waals surface area (Å²) >= 11 is 0. The van der Waals surface area contributed by atoms with Crippen LogP contribution in [0.5, 0.6) is 5.75 Å². The Bertz CT molecular complexity index is 555. The van der Waals surface area contributed by atoms with Gasteiger partial charge in [0.1, 0.15) is 5.75 Å². The second-order valence-electron chi connectivity index (χ2n) is 6.87. The fourth-order valence-electron chi connectivity index (χ4n) is 2.69. The molecule has 2 aromatic carbocycles. The first kappa shape index (κ1) is 16.6. The Kier molecular flexibility index (Phi) is 5.62. The zero-order valence-electron chi connectivity index (χ0n) is 13.8. The molecular formula is C20H27NO. The van der Waals surface area contributed by atoms with Crippen molar-refractivity contribution < 1.29 is 5.11 Å². The maximum Gasteiger partial charge on any atom is 0.115 e. The SMILES string of the molecule is CC(C)(C)NCCC[C@@H](c1ccccc1)c1ccc(O)cc1. The monoisotopic (exact) mass is 297 g/mol. The number of nitrogens with one attached hydrogen (secondary N) is 1. The van der Waals surface area contributed by atoms with E-state index in [1.165, 1.54) is 11.1 Å². The Balaban J connectivity index is 2.07. The van der Waals surface area contributed by atoms with E-state index in [2.05, 4.69) is 56.4 Å². The van der Waals surface area contributed by atoms with Crippen LogP contribution in [0, 0.1) is 0 Å². The molecule has 2 nitrogen and oxygen atoms in total. The van der Waals surface area contributed by atoms with Gasteiger partial charge in [-0.25, -0.2) is 0 Å². The zero-order valence-corrected chi connectivity index (χ0v) is 13.8. The molecule has 0 heterocycles. The van der Waals surface area contributed by atoms with Crippen LogP contribution in [0.4, 0.5) is 0 Å². The molecule has 0 aliphatic rings. The minimum atomic E-state index is 0.167. The van der Waals surface area contributed by atoms with Crippen molar-refractivity contribution in [3.05, 3.63) is 65.7 Å². The summed E-state index contributed by atoms with van der Waals surface area (Å²) < 4.78 is 0. The quantitative estimate of drug-likeness (QED) is 0.758. The van der Waals surface area contributed by atoms with Gasteiger partial charge in [0, 0.05) is 11.5 Å². The number of aromatic hydroxyl groups is 1. The second-order valence-corrected chi connectivity index (χ2v) is 6.87. The molecule has 0 amide bonds. The van der Waals surface area contributed by atoms with Gasteiger partial charge in [-0.1, -0.05) is 42.5 Å². The van der Waals surface area contributed by atoms with Gasteiger partial charge in [-0.05, 0) is 63.4 Å². The highest BCUT2D eigenvalue weighted by molar-refractivity contribution is 5.35. The van der Waals surface area contributed by atoms with Crippen molar-refractivity contribution >= 4 is 0 Å². The Labute approximate surface area is 134 Å². The molecule has 0 aliphatic heterocycles. The number of benzene rings is 2. The van der Waals surface area contributed by atoms with Crippen molar-refractivity contribution in [1.82, 2.24) is 5.32 Å². The molecule has 2 N–H and O–H groups in total. The van der Waals surface area contributed by atoms with Crippen LogP contribution in [0.3, 0.4) is 0 Å². The fraction of sp³-hybridized carbons (Fsp3) is 0.400. The van der Waals surface area contributed by atoms with Crippen molar-refractivity contribution in [2.45, 2.75) is 45.1 Å². The van der Waals surface area contributed by atoms with Crippen LogP contribution < -0.4 is 5.32 Å². The Morgan fingerprint density at radius 1 is 0.909 bits per heavy atom. The Morgan fingerprint density at radius 3 is 2.09 bits per heavy atom. The maximum absolute atomic E-state index is 9.50. The van der Waals surface area contributed by atoms with Crippen molar-refractivity contribution in [3.63, 3.8) is 0 Å². The van der Waals surface area contributed by atoms with Gasteiger partial charge in [-0.3, -0.25) is 0 Å². The molecule has 2 heteroatoms. The van der Waals surface area contributed by atoms with Crippen molar-refractivity contribution in [2.24, 2.45) is 0 Å². The third-order valence-corrected chi connectivity index (χ3v) is 3.82. The fourth-order valence-corrected chi connectivity index (χ4v) is 2.69. The van der Waals surface area contributed by atoms with Crippen molar-refractivity contribution in [2.75, 3.05) is 6.54 Å². The van der Waals surface area contributed by atoms with Gasteiger partial charge in [0.15, 0.2) is 0 Å². The van der Waals surface area contributed by atoms with E-state index in [1.807, 2.05) is 12.1 Å². The van der Waals surface area contributed by atoms with Gasteiger partial charge < -0.3 is 10.4 Å². The normalized spacial score (nSPS) is 13.0. The number of phenols is 1. The predicted octanol–water partition coefficient (Wildman–Crippen LogP) is 4.69. The van der Waals surface area contributed by atoms with E-state index >= 15 is 0 Å². The minimum absolute atomic E-state index is 0.167. The molecule has 118 valence electrons. The molecule has 1 atom stereocenters. The molecule has 0 unspecified atom stereocenters. The number of hydrogen-bond donors (Lipinski definition) is 2. The Hall–Kier alpha value is -1.80. The summed E-state index contributed by atoms with van der Waals surface area (Å²) in [6, 6.07) is 18.2. The lowest BCUT2D eigenvalue weighted by molar-refractivity contribution is 0.415. The maximum atomic E-state index is 9.50. The average Bonchev–Trinajstić information content (AvgIpc) is 2.48. The average molecular weight is 297 g/mol. The molecule has 0 radical (unpaired) electrons. The van der Waals surface area contributed by atoms with E-state index in [1.54, 1.807) is 12.1 Å². The number of phenolic OH excluding ortho intramolecular Hbond substituents is 1. The number of rotatable bonds is 6. The van der Waals surface area contributed by atoms with Gasteiger partial charge in [-0.15, -0.1) is 0 Å². The van der Waals surface area contributed by atoms with Crippen LogP contribution >= 0.6 is 0 Å². The first-order chi connectivity index (χ1) is 10.5. The second kappa shape index (κ2) is 7.46. The van der Waals surface area contributed by atoms with Gasteiger partial charge in [0.2, 0.25) is 0 Å². The van der Waals surface area contributed by atoms with Crippen LogP contribution in [-0.2, 0) is 0 Å². The molecule has 0 bridgehead atoms. The van der Waals surface area contributed by atoms with E-state index in [4.69, 9.17) is 0 Å². The summed E-state index contributed by atoms with van der Waals surface area (Å²) in [5, 5.41) is 13.1. The van der Waals surface area contributed by atoms with Crippen LogP contribution in [0.2, 0.25) is 0 Å². The standard InChI is InChI=1S/C20H27NO/c1-20(2,3)21-15-7-10-19(16-8-5-4-6-9-16)17-11-13-18(22)14-12-17/h4-6,8-9,11-14,19,21-22H,7,10,15H2,1-3H3/t19-/m0/s1. The molecule has 0 aliphatic carbocycles. The summed E-state index contributed by atoms with van der Waals surface area (Å²) in [5.41, 5.74) is 2.77. The summed E-state index contributed by atoms with van der Waals surface area (Å²) in [7, 11) is 0. The van der Waals surface area contributed by atoms with Gasteiger partial charge in [-0.2, -0.15) is 0 Å². The topological polar surface area (TPSA) is 32.3 Å². The van der Waals surface area contributed by atoms with Crippen LogP contribution in [0.25, 0.3) is 0 Å². The summed E-state index contributed by atoms with van der Waals surface area (Å²) in [4.78, 5) is 0. The Morgan fingerprint density at radius 2 is 1.50 bits per heavy atom. The lowest BCUT2D eigenvalue weighted by atomic mass is 9.87. The predicted molar refractivity (Wildman–Crippen MR) is 93.4 cm³/mol. The molecule has 0 saturated carbocycles. The highest BCUT2D eigenvalue weighted by atomic mass is 16.3. The van der Waals surface area contributed by atoms with Gasteiger partial charge in [0.05, 0.1) is 0 Å². The molecule has 0 fully saturated rings. The third kappa shape index (κ3) is 5.19. The molecule has 22 heavy (non-hydrogen) atoms. The highest BCUT2D eigenvalue weighted by Crippen LogP contribution is 2.30. The molecule has 0 saturated heterocycles. The molecule has 0 aromatic heterocycles. The summed E-state index contributed by atoms with van der Waals surface area (Å²) in [5.74, 6) is 0.702. The van der Waals surface area contributed by atoms with Crippen molar-refractivity contribution in [1.29, 1.82) is 0 Å². The number of hydrogen-bond acceptors (Lipinski definition) is 2. The van der Waals surface area contributed by atoms with E-state index in [0.717, 1.165) is 19.4 Å². The van der Waals surface area contributed by atoms with Crippen LogP contribution in [0.15, 0.2) is 54.6 Å². The van der Waals surface area contributed by atoms with Crippen LogP contribution in [-0.4, -0.2) is 17.2 Å². The minimum Gasteiger partial charge on any atom is -0.508 e.